The molecule has 0 atom stereocenters. The fourth-order valence-corrected chi connectivity index (χ4v) is 2.50. The van der Waals surface area contributed by atoms with Crippen molar-refractivity contribution in [2.75, 3.05) is 4.72 Å². The van der Waals surface area contributed by atoms with Crippen LogP contribution < -0.4 is 14.8 Å². The summed E-state index contributed by atoms with van der Waals surface area (Å²) in [7, 11) is -3.73. The van der Waals surface area contributed by atoms with Crippen molar-refractivity contribution in [3.8, 4) is 0 Å². The molecular weight excluding hydrogens is 268 g/mol. The third-order valence-corrected chi connectivity index (χ3v) is 3.77. The number of pyridine rings is 1. The molecule has 7 heteroatoms. The van der Waals surface area contributed by atoms with Gasteiger partial charge in [0.15, 0.2) is 12.4 Å². The maximum atomic E-state index is 12.0. The van der Waals surface area contributed by atoms with Gasteiger partial charge in [-0.15, -0.1) is 0 Å². The van der Waals surface area contributed by atoms with Gasteiger partial charge in [-0.3, -0.25) is 4.72 Å². The highest BCUT2D eigenvalue weighted by molar-refractivity contribution is 7.92. The van der Waals surface area contributed by atoms with Crippen LogP contribution in [0.2, 0.25) is 0 Å². The van der Waals surface area contributed by atoms with Gasteiger partial charge in [-0.1, -0.05) is 12.1 Å². The number of aromatic nitrogens is 1. The molecule has 2 aromatic rings. The van der Waals surface area contributed by atoms with Crippen molar-refractivity contribution in [3.05, 3.63) is 54.4 Å². The van der Waals surface area contributed by atoms with E-state index in [-0.39, 0.29) is 10.5 Å². The van der Waals surface area contributed by atoms with Crippen LogP contribution in [0.25, 0.3) is 0 Å². The van der Waals surface area contributed by atoms with Crippen molar-refractivity contribution >= 4 is 21.7 Å². The van der Waals surface area contributed by atoms with E-state index in [0.29, 0.717) is 5.69 Å². The fourth-order valence-electron chi connectivity index (χ4n) is 1.44. The summed E-state index contributed by atoms with van der Waals surface area (Å²) in [5.41, 5.74) is 0.330. The number of carbonyl (C=O) groups is 1. The second-order valence-corrected chi connectivity index (χ2v) is 5.39. The summed E-state index contributed by atoms with van der Waals surface area (Å²) in [4.78, 5) is 13.3. The van der Waals surface area contributed by atoms with Crippen LogP contribution in [0.4, 0.5) is 5.69 Å². The number of hydrogen-bond acceptors (Lipinski definition) is 4. The smallest absolute Gasteiger partial charge is 0.261 e. The lowest BCUT2D eigenvalue weighted by Crippen LogP contribution is -2.22. The second kappa shape index (κ2) is 5.07. The molecule has 19 heavy (non-hydrogen) atoms. The molecule has 0 unspecified atom stereocenters. The van der Waals surface area contributed by atoms with Crippen LogP contribution in [0.1, 0.15) is 10.4 Å². The number of rotatable bonds is 4. The van der Waals surface area contributed by atoms with Crippen molar-refractivity contribution in [2.24, 2.45) is 0 Å². The SMILES string of the molecule is O=C([O-])c1ccc(S(=O)(=O)Nc2cc[nH+]cc2)cc1. The minimum atomic E-state index is -3.73. The van der Waals surface area contributed by atoms with Crippen LogP contribution in [0, 0.1) is 0 Å². The Bertz CT molecular complexity index is 681. The van der Waals surface area contributed by atoms with Gasteiger partial charge in [0.2, 0.25) is 0 Å². The maximum absolute atomic E-state index is 12.0. The Balaban J connectivity index is 2.27. The largest absolute Gasteiger partial charge is 0.545 e. The van der Waals surface area contributed by atoms with Gasteiger partial charge < -0.3 is 9.90 Å². The first-order valence-electron chi connectivity index (χ1n) is 5.29. The average molecular weight is 278 g/mol. The molecule has 0 aliphatic rings. The standard InChI is InChI=1S/C12H10N2O4S/c15-12(16)9-1-3-11(4-2-9)19(17,18)14-10-5-7-13-8-6-10/h1-8H,(H,13,14)(H,15,16). The molecule has 1 aromatic heterocycles. The van der Waals surface area contributed by atoms with Crippen molar-refractivity contribution in [1.29, 1.82) is 0 Å². The zero-order valence-electron chi connectivity index (χ0n) is 9.66. The van der Waals surface area contributed by atoms with E-state index in [1.807, 2.05) is 0 Å². The number of aromatic amines is 1. The summed E-state index contributed by atoms with van der Waals surface area (Å²) in [6.07, 6.45) is 3.16. The molecule has 0 saturated carbocycles. The van der Waals surface area contributed by atoms with Gasteiger partial charge in [0, 0.05) is 12.1 Å². The lowest BCUT2D eigenvalue weighted by Gasteiger charge is -2.08. The first-order valence-corrected chi connectivity index (χ1v) is 6.78. The topological polar surface area (TPSA) is 100 Å². The minimum Gasteiger partial charge on any atom is -0.545 e. The van der Waals surface area contributed by atoms with Crippen LogP contribution in [0.15, 0.2) is 53.7 Å². The number of carboxylic acids is 1. The summed E-state index contributed by atoms with van der Waals surface area (Å²) >= 11 is 0. The Kier molecular flexibility index (Phi) is 3.48. The van der Waals surface area contributed by atoms with Crippen LogP contribution in [0.5, 0.6) is 0 Å². The van der Waals surface area contributed by atoms with Crippen molar-refractivity contribution in [2.45, 2.75) is 4.90 Å². The third kappa shape index (κ3) is 3.08. The van der Waals surface area contributed by atoms with Gasteiger partial charge in [0.1, 0.15) is 0 Å². The van der Waals surface area contributed by atoms with E-state index < -0.39 is 16.0 Å². The molecule has 0 aliphatic carbocycles. The Hall–Kier alpha value is -2.41. The molecule has 0 radical (unpaired) electrons. The van der Waals surface area contributed by atoms with E-state index in [1.165, 1.54) is 24.3 Å². The summed E-state index contributed by atoms with van der Waals surface area (Å²) < 4.78 is 26.4. The monoisotopic (exact) mass is 278 g/mol. The van der Waals surface area contributed by atoms with Crippen molar-refractivity contribution in [3.63, 3.8) is 0 Å². The molecule has 0 amide bonds. The summed E-state index contributed by atoms with van der Waals surface area (Å²) in [5, 5.41) is 10.6. The molecule has 0 aliphatic heterocycles. The van der Waals surface area contributed by atoms with Gasteiger partial charge in [0.25, 0.3) is 10.0 Å². The Morgan fingerprint density at radius 3 is 2.16 bits per heavy atom. The zero-order valence-corrected chi connectivity index (χ0v) is 10.5. The Morgan fingerprint density at radius 2 is 1.63 bits per heavy atom. The third-order valence-electron chi connectivity index (χ3n) is 2.37. The number of hydrogen-bond donors (Lipinski definition) is 1. The molecular formula is C12H10N2O4S. The molecule has 0 fully saturated rings. The molecule has 2 rings (SSSR count). The number of benzene rings is 1. The Labute approximate surface area is 109 Å². The molecule has 1 heterocycles. The number of sulfonamides is 1. The average Bonchev–Trinajstić information content (AvgIpc) is 2.39. The number of anilines is 1. The summed E-state index contributed by atoms with van der Waals surface area (Å²) in [6.45, 7) is 0. The first-order chi connectivity index (χ1) is 8.99. The number of carbonyl (C=O) groups excluding carboxylic acids is 1. The highest BCUT2D eigenvalue weighted by Gasteiger charge is 2.14. The minimum absolute atomic E-state index is 0.0228. The van der Waals surface area contributed by atoms with E-state index in [9.17, 15) is 18.3 Å². The van der Waals surface area contributed by atoms with E-state index >= 15 is 0 Å². The van der Waals surface area contributed by atoms with Gasteiger partial charge in [-0.05, 0) is 17.7 Å². The Morgan fingerprint density at radius 1 is 1.05 bits per heavy atom. The van der Waals surface area contributed by atoms with E-state index in [2.05, 4.69) is 9.71 Å². The molecule has 6 nitrogen and oxygen atoms in total. The highest BCUT2D eigenvalue weighted by atomic mass is 32.2. The first kappa shape index (κ1) is 13.0. The van der Waals surface area contributed by atoms with Crippen LogP contribution in [-0.4, -0.2) is 14.4 Å². The van der Waals surface area contributed by atoms with Crippen LogP contribution >= 0.6 is 0 Å². The van der Waals surface area contributed by atoms with Crippen molar-refractivity contribution < 1.29 is 23.3 Å². The lowest BCUT2D eigenvalue weighted by molar-refractivity contribution is -0.377. The zero-order chi connectivity index (χ0) is 13.9. The highest BCUT2D eigenvalue weighted by Crippen LogP contribution is 2.15. The van der Waals surface area contributed by atoms with E-state index in [0.717, 1.165) is 0 Å². The molecule has 2 N–H and O–H groups in total. The normalized spacial score (nSPS) is 10.9. The predicted octanol–water partition coefficient (Wildman–Crippen LogP) is -0.335. The van der Waals surface area contributed by atoms with Crippen LogP contribution in [0.3, 0.4) is 0 Å². The van der Waals surface area contributed by atoms with E-state index in [4.69, 9.17) is 0 Å². The second-order valence-electron chi connectivity index (χ2n) is 3.71. The number of carboxylic acid groups (broad SMARTS) is 1. The van der Waals surface area contributed by atoms with Gasteiger partial charge in [0.05, 0.1) is 16.6 Å². The molecule has 1 aromatic carbocycles. The molecule has 0 bridgehead atoms. The number of aromatic carboxylic acids is 1. The maximum Gasteiger partial charge on any atom is 0.261 e. The quantitative estimate of drug-likeness (QED) is 0.827. The lowest BCUT2D eigenvalue weighted by atomic mass is 10.2. The molecule has 0 saturated heterocycles. The van der Waals surface area contributed by atoms with E-state index in [1.54, 1.807) is 24.5 Å². The van der Waals surface area contributed by atoms with Gasteiger partial charge >= 0.3 is 0 Å². The molecule has 0 spiro atoms. The van der Waals surface area contributed by atoms with Gasteiger partial charge in [-0.25, -0.2) is 13.4 Å². The predicted molar refractivity (Wildman–Crippen MR) is 64.6 cm³/mol. The van der Waals surface area contributed by atoms with Crippen LogP contribution in [-0.2, 0) is 10.0 Å². The summed E-state index contributed by atoms with van der Waals surface area (Å²) in [5.74, 6) is -1.35. The number of H-pyrrole nitrogens is 1. The van der Waals surface area contributed by atoms with Crippen molar-refractivity contribution in [1.82, 2.24) is 0 Å². The number of nitrogens with one attached hydrogen (secondary N) is 2. The van der Waals surface area contributed by atoms with Gasteiger partial charge in [-0.2, -0.15) is 0 Å². The molecule has 98 valence electrons. The fraction of sp³-hybridized carbons (Fsp3) is 0. The summed E-state index contributed by atoms with van der Waals surface area (Å²) in [6, 6.07) is 7.91.